The zero-order valence-corrected chi connectivity index (χ0v) is 15.3. The molecule has 3 rings (SSSR count). The van der Waals surface area contributed by atoms with E-state index in [2.05, 4.69) is 25.7 Å². The predicted molar refractivity (Wildman–Crippen MR) is 96.3 cm³/mol. The third-order valence-electron chi connectivity index (χ3n) is 4.47. The van der Waals surface area contributed by atoms with Gasteiger partial charge in [0.2, 0.25) is 0 Å². The molecule has 1 aliphatic rings. The molecule has 24 heavy (non-hydrogen) atoms. The Labute approximate surface area is 149 Å². The topological polar surface area (TPSA) is 28.5 Å². The van der Waals surface area contributed by atoms with Crippen molar-refractivity contribution in [2.24, 2.45) is 7.05 Å². The Kier molecular flexibility index (Phi) is 5.48. The molecule has 0 N–H and O–H groups in total. The van der Waals surface area contributed by atoms with Gasteiger partial charge in [0.15, 0.2) is 0 Å². The second-order valence-corrected chi connectivity index (χ2v) is 7.10. The van der Waals surface area contributed by atoms with Crippen molar-refractivity contribution >= 4 is 15.9 Å². The normalized spacial score (nSPS) is 16.5. The van der Waals surface area contributed by atoms with E-state index in [0.717, 1.165) is 43.9 Å². The lowest BCUT2D eigenvalue weighted by molar-refractivity contribution is 0.121. The van der Waals surface area contributed by atoms with Crippen LogP contribution < -0.4 is 5.56 Å². The van der Waals surface area contributed by atoms with Gasteiger partial charge in [-0.2, -0.15) is 0 Å². The number of hydrogen-bond acceptors (Lipinski definition) is 3. The van der Waals surface area contributed by atoms with Crippen LogP contribution in [-0.4, -0.2) is 40.5 Å². The molecule has 4 nitrogen and oxygen atoms in total. The van der Waals surface area contributed by atoms with E-state index in [1.54, 1.807) is 23.7 Å². The highest BCUT2D eigenvalue weighted by Gasteiger charge is 2.18. The minimum atomic E-state index is -0.167. The molecule has 1 fully saturated rings. The van der Waals surface area contributed by atoms with E-state index >= 15 is 0 Å². The molecule has 1 saturated heterocycles. The van der Waals surface area contributed by atoms with Gasteiger partial charge >= 0.3 is 0 Å². The van der Waals surface area contributed by atoms with Crippen LogP contribution in [-0.2, 0) is 20.1 Å². The van der Waals surface area contributed by atoms with E-state index in [0.29, 0.717) is 11.0 Å². The Morgan fingerprint density at radius 3 is 2.42 bits per heavy atom. The van der Waals surface area contributed by atoms with Gasteiger partial charge in [-0.15, -0.1) is 0 Å². The number of halogens is 2. The number of aryl methyl sites for hydroxylation is 1. The Bertz CT molecular complexity index is 769. The molecule has 2 heterocycles. The van der Waals surface area contributed by atoms with Crippen LogP contribution in [0.1, 0.15) is 11.1 Å². The van der Waals surface area contributed by atoms with Gasteiger partial charge < -0.3 is 4.57 Å². The SMILES string of the molecule is Cn1ccc(CN2CCN(Cc3cccc(Br)c3F)CC2)cc1=O. The van der Waals surface area contributed by atoms with E-state index in [9.17, 15) is 9.18 Å². The summed E-state index contributed by atoms with van der Waals surface area (Å²) in [7, 11) is 1.76. The van der Waals surface area contributed by atoms with Crippen molar-refractivity contribution in [2.75, 3.05) is 26.2 Å². The summed E-state index contributed by atoms with van der Waals surface area (Å²) in [5, 5.41) is 0. The van der Waals surface area contributed by atoms with Crippen molar-refractivity contribution in [1.82, 2.24) is 14.4 Å². The van der Waals surface area contributed by atoms with Crippen LogP contribution in [0.2, 0.25) is 0 Å². The molecule has 0 radical (unpaired) electrons. The van der Waals surface area contributed by atoms with Gasteiger partial charge in [-0.3, -0.25) is 14.6 Å². The Morgan fingerprint density at radius 2 is 1.75 bits per heavy atom. The van der Waals surface area contributed by atoms with Gasteiger partial charge in [0.25, 0.3) is 5.56 Å². The zero-order valence-electron chi connectivity index (χ0n) is 13.7. The van der Waals surface area contributed by atoms with Crippen LogP contribution in [0.25, 0.3) is 0 Å². The maximum Gasteiger partial charge on any atom is 0.250 e. The summed E-state index contributed by atoms with van der Waals surface area (Å²) in [5.74, 6) is -0.167. The number of aromatic nitrogens is 1. The molecular formula is C18H21BrFN3O. The fourth-order valence-corrected chi connectivity index (χ4v) is 3.37. The zero-order chi connectivity index (χ0) is 17.1. The van der Waals surface area contributed by atoms with E-state index in [1.165, 1.54) is 0 Å². The monoisotopic (exact) mass is 393 g/mol. The van der Waals surface area contributed by atoms with Crippen molar-refractivity contribution in [2.45, 2.75) is 13.1 Å². The van der Waals surface area contributed by atoms with Crippen LogP contribution in [0.15, 0.2) is 45.8 Å². The lowest BCUT2D eigenvalue weighted by Crippen LogP contribution is -2.45. The lowest BCUT2D eigenvalue weighted by Gasteiger charge is -2.34. The quantitative estimate of drug-likeness (QED) is 0.799. The molecule has 0 atom stereocenters. The van der Waals surface area contributed by atoms with Crippen LogP contribution in [0.4, 0.5) is 4.39 Å². The molecule has 2 aromatic rings. The number of hydrogen-bond donors (Lipinski definition) is 0. The summed E-state index contributed by atoms with van der Waals surface area (Å²) >= 11 is 3.24. The number of nitrogens with zero attached hydrogens (tertiary/aromatic N) is 3. The van der Waals surface area contributed by atoms with Crippen molar-refractivity contribution in [3.8, 4) is 0 Å². The summed E-state index contributed by atoms with van der Waals surface area (Å²) < 4.78 is 16.2. The van der Waals surface area contributed by atoms with Crippen molar-refractivity contribution < 1.29 is 4.39 Å². The van der Waals surface area contributed by atoms with E-state index in [-0.39, 0.29) is 11.4 Å². The first kappa shape index (κ1) is 17.3. The first-order valence-electron chi connectivity index (χ1n) is 8.06. The fourth-order valence-electron chi connectivity index (χ4n) is 2.96. The summed E-state index contributed by atoms with van der Waals surface area (Å²) in [4.78, 5) is 16.3. The first-order chi connectivity index (χ1) is 11.5. The summed E-state index contributed by atoms with van der Waals surface area (Å²) in [5.41, 5.74) is 1.80. The van der Waals surface area contributed by atoms with Crippen molar-refractivity contribution in [3.05, 3.63) is 68.3 Å². The highest BCUT2D eigenvalue weighted by atomic mass is 79.9. The largest absolute Gasteiger partial charge is 0.319 e. The highest BCUT2D eigenvalue weighted by molar-refractivity contribution is 9.10. The molecule has 0 amide bonds. The molecular weight excluding hydrogens is 373 g/mol. The summed E-state index contributed by atoms with van der Waals surface area (Å²) in [6.45, 7) is 5.06. The van der Waals surface area contributed by atoms with Crippen molar-refractivity contribution in [3.63, 3.8) is 0 Å². The highest BCUT2D eigenvalue weighted by Crippen LogP contribution is 2.20. The number of pyridine rings is 1. The van der Waals surface area contributed by atoms with Gasteiger partial charge in [-0.05, 0) is 33.6 Å². The fraction of sp³-hybridized carbons (Fsp3) is 0.389. The van der Waals surface area contributed by atoms with E-state index in [1.807, 2.05) is 24.4 Å². The van der Waals surface area contributed by atoms with Gasteiger partial charge in [-0.25, -0.2) is 4.39 Å². The number of benzene rings is 1. The first-order valence-corrected chi connectivity index (χ1v) is 8.85. The van der Waals surface area contributed by atoms with Gasteiger partial charge in [0.1, 0.15) is 5.82 Å². The molecule has 0 aliphatic carbocycles. The Hall–Kier alpha value is -1.50. The maximum atomic E-state index is 14.1. The number of rotatable bonds is 4. The molecule has 0 bridgehead atoms. The second-order valence-electron chi connectivity index (χ2n) is 6.25. The van der Waals surface area contributed by atoms with Crippen molar-refractivity contribution in [1.29, 1.82) is 0 Å². The minimum absolute atomic E-state index is 0.0243. The summed E-state index contributed by atoms with van der Waals surface area (Å²) in [6.07, 6.45) is 1.81. The Balaban J connectivity index is 1.55. The average molecular weight is 394 g/mol. The summed E-state index contributed by atoms with van der Waals surface area (Å²) in [6, 6.07) is 9.12. The van der Waals surface area contributed by atoms with E-state index in [4.69, 9.17) is 0 Å². The predicted octanol–water partition coefficient (Wildman–Crippen LogP) is 2.60. The molecule has 1 aromatic heterocycles. The van der Waals surface area contributed by atoms with Gasteiger partial charge in [-0.1, -0.05) is 12.1 Å². The lowest BCUT2D eigenvalue weighted by atomic mass is 10.1. The standard InChI is InChI=1S/C18H21BrFN3O/c1-21-6-5-14(11-17(21)24)12-22-7-9-23(10-8-22)13-15-3-2-4-16(19)18(15)20/h2-6,11H,7-10,12-13H2,1H3. The average Bonchev–Trinajstić information content (AvgIpc) is 2.57. The smallest absolute Gasteiger partial charge is 0.250 e. The van der Waals surface area contributed by atoms with Crippen LogP contribution in [0.5, 0.6) is 0 Å². The van der Waals surface area contributed by atoms with Gasteiger partial charge in [0, 0.05) is 64.1 Å². The maximum absolute atomic E-state index is 14.1. The molecule has 0 saturated carbocycles. The van der Waals surface area contributed by atoms with Gasteiger partial charge in [0.05, 0.1) is 4.47 Å². The molecule has 6 heteroatoms. The molecule has 1 aliphatic heterocycles. The third kappa shape index (κ3) is 4.12. The van der Waals surface area contributed by atoms with Crippen LogP contribution in [0.3, 0.4) is 0 Å². The number of piperazine rings is 1. The van der Waals surface area contributed by atoms with E-state index < -0.39 is 0 Å². The molecule has 0 unspecified atom stereocenters. The Morgan fingerprint density at radius 1 is 1.08 bits per heavy atom. The third-order valence-corrected chi connectivity index (χ3v) is 5.08. The second kappa shape index (κ2) is 7.59. The van der Waals surface area contributed by atoms with Crippen LogP contribution >= 0.6 is 15.9 Å². The molecule has 0 spiro atoms. The molecule has 1 aromatic carbocycles. The minimum Gasteiger partial charge on any atom is -0.319 e. The molecule has 128 valence electrons. The van der Waals surface area contributed by atoms with Crippen LogP contribution in [0, 0.1) is 5.82 Å².